The molecule has 0 N–H and O–H groups in total. The van der Waals surface area contributed by atoms with Crippen LogP contribution in [0.15, 0.2) is 0 Å². The van der Waals surface area contributed by atoms with Crippen molar-refractivity contribution in [1.82, 2.24) is 4.90 Å². The SMILES string of the molecule is CC.CC1(C)CCN(C2CCOCC2)CC1. The topological polar surface area (TPSA) is 12.5 Å². The highest BCUT2D eigenvalue weighted by Crippen LogP contribution is 2.31. The molecule has 2 nitrogen and oxygen atoms in total. The van der Waals surface area contributed by atoms with E-state index < -0.39 is 0 Å². The highest BCUT2D eigenvalue weighted by atomic mass is 16.5. The van der Waals surface area contributed by atoms with Crippen LogP contribution in [-0.2, 0) is 4.74 Å². The number of rotatable bonds is 1. The molecule has 2 fully saturated rings. The smallest absolute Gasteiger partial charge is 0.0480 e. The Morgan fingerprint density at radius 3 is 2.00 bits per heavy atom. The van der Waals surface area contributed by atoms with Gasteiger partial charge in [-0.25, -0.2) is 0 Å². The van der Waals surface area contributed by atoms with Crippen LogP contribution in [-0.4, -0.2) is 37.2 Å². The van der Waals surface area contributed by atoms with Gasteiger partial charge in [0.15, 0.2) is 0 Å². The largest absolute Gasteiger partial charge is 0.381 e. The van der Waals surface area contributed by atoms with Gasteiger partial charge < -0.3 is 9.64 Å². The molecule has 2 saturated heterocycles. The Morgan fingerprint density at radius 1 is 1.00 bits per heavy atom. The molecule has 2 aliphatic rings. The first-order chi connectivity index (χ1) is 7.67. The van der Waals surface area contributed by atoms with Crippen molar-refractivity contribution in [3.63, 3.8) is 0 Å². The lowest BCUT2D eigenvalue weighted by Gasteiger charge is -2.42. The maximum atomic E-state index is 5.40. The minimum atomic E-state index is 0.585. The quantitative estimate of drug-likeness (QED) is 0.681. The number of piperidine rings is 1. The van der Waals surface area contributed by atoms with Gasteiger partial charge in [0.1, 0.15) is 0 Å². The summed E-state index contributed by atoms with van der Waals surface area (Å²) in [5.41, 5.74) is 0.585. The fourth-order valence-corrected chi connectivity index (χ4v) is 2.54. The van der Waals surface area contributed by atoms with E-state index in [0.717, 1.165) is 19.3 Å². The van der Waals surface area contributed by atoms with Crippen LogP contribution in [0.25, 0.3) is 0 Å². The summed E-state index contributed by atoms with van der Waals surface area (Å²) >= 11 is 0. The van der Waals surface area contributed by atoms with E-state index in [1.54, 1.807) is 0 Å². The molecule has 2 heteroatoms. The van der Waals surface area contributed by atoms with Crippen LogP contribution >= 0.6 is 0 Å². The summed E-state index contributed by atoms with van der Waals surface area (Å²) in [7, 11) is 0. The number of nitrogens with zero attached hydrogens (tertiary/aromatic N) is 1. The van der Waals surface area contributed by atoms with Crippen molar-refractivity contribution < 1.29 is 4.74 Å². The Kier molecular flexibility index (Phi) is 5.77. The summed E-state index contributed by atoms with van der Waals surface area (Å²) < 4.78 is 5.40. The molecule has 2 heterocycles. The standard InChI is InChI=1S/C12H23NO.C2H6/c1-12(2)5-7-13(8-6-12)11-3-9-14-10-4-11;1-2/h11H,3-10H2,1-2H3;1-2H3. The van der Waals surface area contributed by atoms with E-state index in [2.05, 4.69) is 18.7 Å². The number of hydrogen-bond donors (Lipinski definition) is 0. The molecule has 0 spiro atoms. The zero-order valence-electron chi connectivity index (χ0n) is 11.6. The van der Waals surface area contributed by atoms with Crippen molar-refractivity contribution in [2.45, 2.75) is 59.4 Å². The third kappa shape index (κ3) is 4.06. The van der Waals surface area contributed by atoms with Gasteiger partial charge in [-0.1, -0.05) is 27.7 Å². The van der Waals surface area contributed by atoms with Crippen molar-refractivity contribution in [3.8, 4) is 0 Å². The lowest BCUT2D eigenvalue weighted by Crippen LogP contribution is -2.45. The average molecular weight is 227 g/mol. The minimum Gasteiger partial charge on any atom is -0.381 e. The molecular weight excluding hydrogens is 198 g/mol. The molecule has 0 radical (unpaired) electrons. The van der Waals surface area contributed by atoms with Crippen LogP contribution < -0.4 is 0 Å². The third-order valence-corrected chi connectivity index (χ3v) is 3.86. The van der Waals surface area contributed by atoms with E-state index in [9.17, 15) is 0 Å². The molecule has 2 aliphatic heterocycles. The second-order valence-electron chi connectivity index (χ2n) is 5.54. The van der Waals surface area contributed by atoms with E-state index in [4.69, 9.17) is 4.74 Å². The molecule has 0 atom stereocenters. The minimum absolute atomic E-state index is 0.585. The predicted molar refractivity (Wildman–Crippen MR) is 69.8 cm³/mol. The molecular formula is C14H29NO. The fraction of sp³-hybridized carbons (Fsp3) is 1.00. The normalized spacial score (nSPS) is 27.0. The summed E-state index contributed by atoms with van der Waals surface area (Å²) in [6, 6.07) is 0.819. The average Bonchev–Trinajstić information content (AvgIpc) is 2.33. The van der Waals surface area contributed by atoms with Crippen LogP contribution in [0.4, 0.5) is 0 Å². The maximum absolute atomic E-state index is 5.40. The molecule has 0 bridgehead atoms. The number of likely N-dealkylation sites (tertiary alicyclic amines) is 1. The van der Waals surface area contributed by atoms with Gasteiger partial charge in [0.25, 0.3) is 0 Å². The van der Waals surface area contributed by atoms with E-state index in [0.29, 0.717) is 5.41 Å². The molecule has 0 aliphatic carbocycles. The van der Waals surface area contributed by atoms with Gasteiger partial charge in [0, 0.05) is 19.3 Å². The molecule has 0 aromatic heterocycles. The van der Waals surface area contributed by atoms with Gasteiger partial charge >= 0.3 is 0 Å². The summed E-state index contributed by atoms with van der Waals surface area (Å²) in [4.78, 5) is 2.69. The van der Waals surface area contributed by atoms with E-state index in [1.165, 1.54) is 38.8 Å². The highest BCUT2D eigenvalue weighted by molar-refractivity contribution is 4.83. The van der Waals surface area contributed by atoms with Crippen LogP contribution in [0, 0.1) is 5.41 Å². The Hall–Kier alpha value is -0.0800. The van der Waals surface area contributed by atoms with Crippen molar-refractivity contribution in [3.05, 3.63) is 0 Å². The van der Waals surface area contributed by atoms with Crippen LogP contribution in [0.1, 0.15) is 53.4 Å². The van der Waals surface area contributed by atoms with Gasteiger partial charge in [-0.05, 0) is 44.2 Å². The lowest BCUT2D eigenvalue weighted by molar-refractivity contribution is 0.0117. The molecule has 0 aromatic carbocycles. The molecule has 0 amide bonds. The summed E-state index contributed by atoms with van der Waals surface area (Å²) in [5, 5.41) is 0. The van der Waals surface area contributed by atoms with Crippen molar-refractivity contribution >= 4 is 0 Å². The Bertz CT molecular complexity index is 175. The van der Waals surface area contributed by atoms with Gasteiger partial charge in [-0.15, -0.1) is 0 Å². The lowest BCUT2D eigenvalue weighted by atomic mass is 9.82. The first kappa shape index (κ1) is 14.0. The predicted octanol–water partition coefficient (Wildman–Crippen LogP) is 3.31. The van der Waals surface area contributed by atoms with Gasteiger partial charge in [-0.2, -0.15) is 0 Å². The number of ether oxygens (including phenoxy) is 1. The molecule has 96 valence electrons. The Morgan fingerprint density at radius 2 is 1.50 bits per heavy atom. The van der Waals surface area contributed by atoms with Crippen LogP contribution in [0.2, 0.25) is 0 Å². The zero-order chi connectivity index (χ0) is 12.0. The van der Waals surface area contributed by atoms with E-state index in [-0.39, 0.29) is 0 Å². The van der Waals surface area contributed by atoms with Gasteiger partial charge in [0.05, 0.1) is 0 Å². The molecule has 16 heavy (non-hydrogen) atoms. The fourth-order valence-electron chi connectivity index (χ4n) is 2.54. The van der Waals surface area contributed by atoms with Crippen molar-refractivity contribution in [1.29, 1.82) is 0 Å². The Labute approximate surface area is 101 Å². The summed E-state index contributed by atoms with van der Waals surface area (Å²) in [6.45, 7) is 13.4. The maximum Gasteiger partial charge on any atom is 0.0480 e. The monoisotopic (exact) mass is 227 g/mol. The first-order valence-electron chi connectivity index (χ1n) is 6.99. The van der Waals surface area contributed by atoms with E-state index >= 15 is 0 Å². The van der Waals surface area contributed by atoms with Crippen LogP contribution in [0.5, 0.6) is 0 Å². The molecule has 0 unspecified atom stereocenters. The van der Waals surface area contributed by atoms with Crippen molar-refractivity contribution in [2.75, 3.05) is 26.3 Å². The zero-order valence-corrected chi connectivity index (χ0v) is 11.6. The summed E-state index contributed by atoms with van der Waals surface area (Å²) in [6.07, 6.45) is 5.23. The van der Waals surface area contributed by atoms with Crippen molar-refractivity contribution in [2.24, 2.45) is 5.41 Å². The van der Waals surface area contributed by atoms with Gasteiger partial charge in [0.2, 0.25) is 0 Å². The molecule has 2 rings (SSSR count). The number of hydrogen-bond acceptors (Lipinski definition) is 2. The summed E-state index contributed by atoms with van der Waals surface area (Å²) in [5.74, 6) is 0. The van der Waals surface area contributed by atoms with Crippen LogP contribution in [0.3, 0.4) is 0 Å². The second-order valence-corrected chi connectivity index (χ2v) is 5.54. The molecule has 0 saturated carbocycles. The van der Waals surface area contributed by atoms with E-state index in [1.807, 2.05) is 13.8 Å². The second kappa shape index (κ2) is 6.61. The molecule has 0 aromatic rings. The highest BCUT2D eigenvalue weighted by Gasteiger charge is 2.29. The first-order valence-corrected chi connectivity index (χ1v) is 6.99. The third-order valence-electron chi connectivity index (χ3n) is 3.86. The Balaban J connectivity index is 0.000000606. The van der Waals surface area contributed by atoms with Gasteiger partial charge in [-0.3, -0.25) is 0 Å².